The maximum Gasteiger partial charge on any atom is 0.0407 e. The van der Waals surface area contributed by atoms with Crippen molar-refractivity contribution in [2.24, 2.45) is 5.73 Å². The summed E-state index contributed by atoms with van der Waals surface area (Å²) in [7, 11) is 0. The van der Waals surface area contributed by atoms with Crippen molar-refractivity contribution in [1.29, 1.82) is 0 Å². The van der Waals surface area contributed by atoms with Crippen LogP contribution >= 0.6 is 11.6 Å². The summed E-state index contributed by atoms with van der Waals surface area (Å²) in [5.74, 6) is 0. The number of rotatable bonds is 1. The van der Waals surface area contributed by atoms with E-state index in [4.69, 9.17) is 17.3 Å². The molecule has 0 bridgehead atoms. The molecule has 1 aromatic rings. The topological polar surface area (TPSA) is 29.3 Å². The van der Waals surface area contributed by atoms with Crippen LogP contribution in [0.3, 0.4) is 0 Å². The molecule has 1 saturated heterocycles. The fourth-order valence-electron chi connectivity index (χ4n) is 1.81. The van der Waals surface area contributed by atoms with Crippen LogP contribution in [0.15, 0.2) is 24.3 Å². The molecule has 1 aliphatic rings. The molecular formula is C12H19ClN2. The molecule has 84 valence electrons. The molecule has 2 rings (SSSR count). The first kappa shape index (κ1) is 12.3. The van der Waals surface area contributed by atoms with Gasteiger partial charge in [-0.1, -0.05) is 19.0 Å². The highest BCUT2D eigenvalue weighted by atomic mass is 35.5. The Kier molecular flexibility index (Phi) is 4.43. The van der Waals surface area contributed by atoms with Crippen molar-refractivity contribution in [1.82, 2.24) is 0 Å². The molecule has 0 aromatic heterocycles. The molecule has 1 aliphatic heterocycles. The predicted octanol–water partition coefficient (Wildman–Crippen LogP) is 2.90. The highest BCUT2D eigenvalue weighted by molar-refractivity contribution is 6.30. The fourth-order valence-corrected chi connectivity index (χ4v) is 1.94. The molecule has 2 nitrogen and oxygen atoms in total. The third kappa shape index (κ3) is 3.11. The van der Waals surface area contributed by atoms with Gasteiger partial charge in [-0.05, 0) is 37.1 Å². The van der Waals surface area contributed by atoms with Crippen molar-refractivity contribution in [2.45, 2.75) is 26.3 Å². The van der Waals surface area contributed by atoms with Gasteiger partial charge in [0.05, 0.1) is 0 Å². The first-order valence-corrected chi connectivity index (χ1v) is 5.39. The van der Waals surface area contributed by atoms with E-state index in [9.17, 15) is 0 Å². The lowest BCUT2D eigenvalue weighted by Crippen LogP contribution is -2.39. The van der Waals surface area contributed by atoms with E-state index in [0.29, 0.717) is 6.04 Å². The van der Waals surface area contributed by atoms with E-state index in [0.717, 1.165) is 31.0 Å². The maximum absolute atomic E-state index is 5.85. The summed E-state index contributed by atoms with van der Waals surface area (Å²) in [6, 6.07) is 8.40. The SMILES string of the molecule is C.NC1CCN(c2ccc(Cl)cc2)CC1. The minimum absolute atomic E-state index is 0. The Morgan fingerprint density at radius 1 is 1.13 bits per heavy atom. The summed E-state index contributed by atoms with van der Waals surface area (Å²) in [4.78, 5) is 2.36. The van der Waals surface area contributed by atoms with Gasteiger partial charge in [-0.3, -0.25) is 0 Å². The van der Waals surface area contributed by atoms with Crippen LogP contribution in [0.1, 0.15) is 20.3 Å². The minimum atomic E-state index is 0. The summed E-state index contributed by atoms with van der Waals surface area (Å²) in [5.41, 5.74) is 7.10. The maximum atomic E-state index is 5.85. The third-order valence-electron chi connectivity index (χ3n) is 2.73. The smallest absolute Gasteiger partial charge is 0.0407 e. The molecule has 0 atom stereocenters. The molecule has 2 N–H and O–H groups in total. The van der Waals surface area contributed by atoms with Gasteiger partial charge in [0.15, 0.2) is 0 Å². The minimum Gasteiger partial charge on any atom is -0.371 e. The van der Waals surface area contributed by atoms with Crippen molar-refractivity contribution >= 4 is 17.3 Å². The fraction of sp³-hybridized carbons (Fsp3) is 0.500. The van der Waals surface area contributed by atoms with Crippen molar-refractivity contribution < 1.29 is 0 Å². The highest BCUT2D eigenvalue weighted by Gasteiger charge is 2.15. The molecule has 0 unspecified atom stereocenters. The van der Waals surface area contributed by atoms with Crippen LogP contribution in [-0.2, 0) is 0 Å². The van der Waals surface area contributed by atoms with E-state index >= 15 is 0 Å². The van der Waals surface area contributed by atoms with Gasteiger partial charge in [0.25, 0.3) is 0 Å². The molecule has 1 aromatic carbocycles. The Morgan fingerprint density at radius 3 is 2.20 bits per heavy atom. The molecule has 1 heterocycles. The number of hydrogen-bond acceptors (Lipinski definition) is 2. The van der Waals surface area contributed by atoms with Crippen LogP contribution in [0, 0.1) is 0 Å². The average molecular weight is 227 g/mol. The van der Waals surface area contributed by atoms with Gasteiger partial charge in [0, 0.05) is 29.8 Å². The number of hydrogen-bond donors (Lipinski definition) is 1. The van der Waals surface area contributed by atoms with Crippen molar-refractivity contribution in [3.8, 4) is 0 Å². The first-order valence-electron chi connectivity index (χ1n) is 5.02. The zero-order valence-electron chi connectivity index (χ0n) is 8.12. The molecule has 0 saturated carbocycles. The first-order chi connectivity index (χ1) is 6.75. The van der Waals surface area contributed by atoms with E-state index in [-0.39, 0.29) is 7.43 Å². The Bertz CT molecular complexity index is 289. The van der Waals surface area contributed by atoms with Crippen LogP contribution in [-0.4, -0.2) is 19.1 Å². The zero-order chi connectivity index (χ0) is 9.97. The van der Waals surface area contributed by atoms with E-state index in [1.165, 1.54) is 5.69 Å². The summed E-state index contributed by atoms with van der Waals surface area (Å²) in [5, 5.41) is 0.794. The number of nitrogens with zero attached hydrogens (tertiary/aromatic N) is 1. The van der Waals surface area contributed by atoms with Gasteiger partial charge < -0.3 is 10.6 Å². The van der Waals surface area contributed by atoms with E-state index in [1.54, 1.807) is 0 Å². The van der Waals surface area contributed by atoms with Gasteiger partial charge in [-0.15, -0.1) is 0 Å². The Labute approximate surface area is 97.0 Å². The zero-order valence-corrected chi connectivity index (χ0v) is 8.87. The van der Waals surface area contributed by atoms with Crippen LogP contribution < -0.4 is 10.6 Å². The molecular weight excluding hydrogens is 208 g/mol. The lowest BCUT2D eigenvalue weighted by Gasteiger charge is -2.31. The Balaban J connectivity index is 0.00000112. The molecule has 0 spiro atoms. The van der Waals surface area contributed by atoms with Crippen LogP contribution in [0.4, 0.5) is 5.69 Å². The van der Waals surface area contributed by atoms with Crippen LogP contribution in [0.25, 0.3) is 0 Å². The lowest BCUT2D eigenvalue weighted by atomic mass is 10.1. The highest BCUT2D eigenvalue weighted by Crippen LogP contribution is 2.21. The largest absolute Gasteiger partial charge is 0.371 e. The molecule has 0 amide bonds. The van der Waals surface area contributed by atoms with Gasteiger partial charge >= 0.3 is 0 Å². The number of nitrogens with two attached hydrogens (primary N) is 1. The summed E-state index contributed by atoms with van der Waals surface area (Å²) < 4.78 is 0. The van der Waals surface area contributed by atoms with Crippen LogP contribution in [0.2, 0.25) is 5.02 Å². The number of anilines is 1. The quantitative estimate of drug-likeness (QED) is 0.798. The average Bonchev–Trinajstić information content (AvgIpc) is 2.21. The van der Waals surface area contributed by atoms with E-state index < -0.39 is 0 Å². The van der Waals surface area contributed by atoms with Gasteiger partial charge in [0.2, 0.25) is 0 Å². The molecule has 15 heavy (non-hydrogen) atoms. The van der Waals surface area contributed by atoms with Crippen molar-refractivity contribution in [3.63, 3.8) is 0 Å². The second kappa shape index (κ2) is 5.38. The third-order valence-corrected chi connectivity index (χ3v) is 2.98. The number of benzene rings is 1. The molecule has 1 fully saturated rings. The van der Waals surface area contributed by atoms with Crippen molar-refractivity contribution in [3.05, 3.63) is 29.3 Å². The summed E-state index contributed by atoms with van der Waals surface area (Å²) >= 11 is 5.84. The predicted molar refractivity (Wildman–Crippen MR) is 67.6 cm³/mol. The Morgan fingerprint density at radius 2 is 1.67 bits per heavy atom. The Hall–Kier alpha value is -0.730. The van der Waals surface area contributed by atoms with E-state index in [1.807, 2.05) is 12.1 Å². The van der Waals surface area contributed by atoms with Crippen LogP contribution in [0.5, 0.6) is 0 Å². The second-order valence-electron chi connectivity index (χ2n) is 3.80. The summed E-state index contributed by atoms with van der Waals surface area (Å²) in [6.07, 6.45) is 2.17. The van der Waals surface area contributed by atoms with Crippen molar-refractivity contribution in [2.75, 3.05) is 18.0 Å². The molecule has 3 heteroatoms. The monoisotopic (exact) mass is 226 g/mol. The normalized spacial score (nSPS) is 17.3. The van der Waals surface area contributed by atoms with Gasteiger partial charge in [-0.2, -0.15) is 0 Å². The van der Waals surface area contributed by atoms with E-state index in [2.05, 4.69) is 17.0 Å². The van der Waals surface area contributed by atoms with Gasteiger partial charge in [0.1, 0.15) is 0 Å². The lowest BCUT2D eigenvalue weighted by molar-refractivity contribution is 0.501. The second-order valence-corrected chi connectivity index (χ2v) is 4.24. The number of halogens is 1. The number of piperidine rings is 1. The summed E-state index contributed by atoms with van der Waals surface area (Å²) in [6.45, 7) is 2.12. The standard InChI is InChI=1S/C11H15ClN2.CH4/c12-9-1-3-11(4-2-9)14-7-5-10(13)6-8-14;/h1-4,10H,5-8,13H2;1H4. The van der Waals surface area contributed by atoms with Gasteiger partial charge in [-0.25, -0.2) is 0 Å². The molecule has 0 radical (unpaired) electrons. The molecule has 0 aliphatic carbocycles.